The van der Waals surface area contributed by atoms with E-state index in [1.807, 2.05) is 0 Å². The fourth-order valence-corrected chi connectivity index (χ4v) is 2.21. The van der Waals surface area contributed by atoms with E-state index in [1.54, 1.807) is 6.07 Å². The van der Waals surface area contributed by atoms with E-state index >= 15 is 0 Å². The second-order valence-electron chi connectivity index (χ2n) is 3.97. The molecule has 0 heterocycles. The van der Waals surface area contributed by atoms with E-state index in [4.69, 9.17) is 11.6 Å². The van der Waals surface area contributed by atoms with Crippen LogP contribution in [0.3, 0.4) is 0 Å². The molecular weight excluding hydrogens is 280 g/mol. The minimum atomic E-state index is -4.48. The van der Waals surface area contributed by atoms with Crippen LogP contribution in [0, 0.1) is 5.82 Å². The topological polar surface area (TPSA) is 0 Å². The SMILES string of the molecule is Fc1cccc(-c2cccc(C(F)(F)F)c2CCl)c1. The van der Waals surface area contributed by atoms with Crippen molar-refractivity contribution in [1.29, 1.82) is 0 Å². The maximum Gasteiger partial charge on any atom is 0.416 e. The molecule has 5 heteroatoms. The Morgan fingerprint density at radius 1 is 1.00 bits per heavy atom. The summed E-state index contributed by atoms with van der Waals surface area (Å²) >= 11 is 5.64. The van der Waals surface area contributed by atoms with Gasteiger partial charge in [-0.1, -0.05) is 24.3 Å². The summed E-state index contributed by atoms with van der Waals surface area (Å²) in [4.78, 5) is 0. The largest absolute Gasteiger partial charge is 0.416 e. The van der Waals surface area contributed by atoms with Gasteiger partial charge in [-0.3, -0.25) is 0 Å². The zero-order chi connectivity index (χ0) is 14.0. The average Bonchev–Trinajstić information content (AvgIpc) is 2.36. The Morgan fingerprint density at radius 2 is 1.68 bits per heavy atom. The van der Waals surface area contributed by atoms with Crippen molar-refractivity contribution >= 4 is 11.6 Å². The van der Waals surface area contributed by atoms with E-state index in [9.17, 15) is 17.6 Å². The lowest BCUT2D eigenvalue weighted by Gasteiger charge is -2.15. The van der Waals surface area contributed by atoms with Gasteiger partial charge >= 0.3 is 6.18 Å². The van der Waals surface area contributed by atoms with Gasteiger partial charge < -0.3 is 0 Å². The molecule has 0 bridgehead atoms. The van der Waals surface area contributed by atoms with E-state index < -0.39 is 17.6 Å². The quantitative estimate of drug-likeness (QED) is 0.523. The minimum Gasteiger partial charge on any atom is -0.207 e. The molecule has 100 valence electrons. The highest BCUT2D eigenvalue weighted by atomic mass is 35.5. The van der Waals surface area contributed by atoms with E-state index in [0.29, 0.717) is 11.1 Å². The zero-order valence-electron chi connectivity index (χ0n) is 9.64. The van der Waals surface area contributed by atoms with Crippen LogP contribution in [0.2, 0.25) is 0 Å². The van der Waals surface area contributed by atoms with Gasteiger partial charge in [-0.25, -0.2) is 4.39 Å². The molecule has 0 aromatic heterocycles. The summed E-state index contributed by atoms with van der Waals surface area (Å²) in [6, 6.07) is 9.18. The van der Waals surface area contributed by atoms with E-state index in [1.165, 1.54) is 30.3 Å². The molecule has 0 radical (unpaired) electrons. The Morgan fingerprint density at radius 3 is 2.26 bits per heavy atom. The van der Waals surface area contributed by atoms with Gasteiger partial charge in [0, 0.05) is 5.88 Å². The Balaban J connectivity index is 2.65. The van der Waals surface area contributed by atoms with Crippen LogP contribution in [0.1, 0.15) is 11.1 Å². The van der Waals surface area contributed by atoms with Gasteiger partial charge in [0.2, 0.25) is 0 Å². The smallest absolute Gasteiger partial charge is 0.207 e. The van der Waals surface area contributed by atoms with Crippen LogP contribution in [-0.4, -0.2) is 0 Å². The standard InChI is InChI=1S/C14H9ClF4/c15-8-12-11(9-3-1-4-10(16)7-9)5-2-6-13(12)14(17,18)19/h1-7H,8H2. The van der Waals surface area contributed by atoms with Gasteiger partial charge in [-0.15, -0.1) is 11.6 Å². The van der Waals surface area contributed by atoms with E-state index in [0.717, 1.165) is 6.07 Å². The first-order valence-electron chi connectivity index (χ1n) is 5.44. The molecule has 0 N–H and O–H groups in total. The monoisotopic (exact) mass is 288 g/mol. The maximum absolute atomic E-state index is 13.2. The molecule has 0 fully saturated rings. The summed E-state index contributed by atoms with van der Waals surface area (Å²) in [6.07, 6.45) is -4.48. The van der Waals surface area contributed by atoms with E-state index in [-0.39, 0.29) is 11.4 Å². The van der Waals surface area contributed by atoms with Crippen molar-refractivity contribution in [1.82, 2.24) is 0 Å². The van der Waals surface area contributed by atoms with Crippen molar-refractivity contribution in [2.24, 2.45) is 0 Å². The molecular formula is C14H9ClF4. The normalized spacial score (nSPS) is 11.6. The van der Waals surface area contributed by atoms with Crippen molar-refractivity contribution in [2.75, 3.05) is 0 Å². The predicted octanol–water partition coefficient (Wildman–Crippen LogP) is 5.25. The third kappa shape index (κ3) is 2.89. The highest BCUT2D eigenvalue weighted by Crippen LogP contribution is 2.37. The van der Waals surface area contributed by atoms with Gasteiger partial charge in [-0.2, -0.15) is 13.2 Å². The lowest BCUT2D eigenvalue weighted by molar-refractivity contribution is -0.138. The van der Waals surface area contributed by atoms with E-state index in [2.05, 4.69) is 0 Å². The molecule has 0 aliphatic heterocycles. The Kier molecular flexibility index (Phi) is 3.80. The van der Waals surface area contributed by atoms with Crippen molar-refractivity contribution in [3.8, 4) is 11.1 Å². The minimum absolute atomic E-state index is 0.0396. The average molecular weight is 289 g/mol. The molecule has 19 heavy (non-hydrogen) atoms. The number of benzene rings is 2. The third-order valence-corrected chi connectivity index (χ3v) is 3.02. The number of rotatable bonds is 2. The van der Waals surface area contributed by atoms with Gasteiger partial charge in [0.05, 0.1) is 5.56 Å². The summed E-state index contributed by atoms with van der Waals surface area (Å²) in [7, 11) is 0. The first-order valence-corrected chi connectivity index (χ1v) is 5.98. The van der Waals surface area contributed by atoms with Crippen LogP contribution >= 0.6 is 11.6 Å². The van der Waals surface area contributed by atoms with Gasteiger partial charge in [0.15, 0.2) is 0 Å². The molecule has 0 unspecified atom stereocenters. The molecule has 2 aromatic rings. The molecule has 0 nitrogen and oxygen atoms in total. The predicted molar refractivity (Wildman–Crippen MR) is 66.4 cm³/mol. The number of hydrogen-bond donors (Lipinski definition) is 0. The molecule has 0 atom stereocenters. The molecule has 0 saturated carbocycles. The molecule has 0 amide bonds. The first kappa shape index (κ1) is 13.9. The Labute approximate surface area is 112 Å². The van der Waals surface area contributed by atoms with Crippen molar-refractivity contribution in [3.05, 3.63) is 59.4 Å². The number of alkyl halides is 4. The second kappa shape index (κ2) is 5.21. The maximum atomic E-state index is 13.2. The first-order chi connectivity index (χ1) is 8.93. The van der Waals surface area contributed by atoms with Crippen LogP contribution < -0.4 is 0 Å². The zero-order valence-corrected chi connectivity index (χ0v) is 10.4. The summed E-state index contributed by atoms with van der Waals surface area (Å²) < 4.78 is 51.8. The lowest BCUT2D eigenvalue weighted by atomic mass is 9.96. The molecule has 0 aliphatic carbocycles. The fraction of sp³-hybridized carbons (Fsp3) is 0.143. The Bertz CT molecular complexity index is 590. The highest BCUT2D eigenvalue weighted by Gasteiger charge is 2.33. The summed E-state index contributed by atoms with van der Waals surface area (Å²) in [5.74, 6) is -0.794. The van der Waals surface area contributed by atoms with Gasteiger partial charge in [-0.05, 0) is 34.9 Å². The molecule has 0 aliphatic rings. The van der Waals surface area contributed by atoms with Crippen LogP contribution in [0.15, 0.2) is 42.5 Å². The Hall–Kier alpha value is -1.55. The number of hydrogen-bond acceptors (Lipinski definition) is 0. The summed E-state index contributed by atoms with van der Waals surface area (Å²) in [5.41, 5.74) is -0.155. The fourth-order valence-electron chi connectivity index (χ4n) is 1.92. The van der Waals surface area contributed by atoms with Gasteiger partial charge in [0.1, 0.15) is 5.82 Å². The molecule has 2 rings (SSSR count). The third-order valence-electron chi connectivity index (χ3n) is 2.75. The van der Waals surface area contributed by atoms with Crippen LogP contribution in [0.4, 0.5) is 17.6 Å². The van der Waals surface area contributed by atoms with Crippen LogP contribution in [0.25, 0.3) is 11.1 Å². The van der Waals surface area contributed by atoms with Gasteiger partial charge in [0.25, 0.3) is 0 Å². The highest BCUT2D eigenvalue weighted by molar-refractivity contribution is 6.17. The summed E-state index contributed by atoms with van der Waals surface area (Å²) in [6.45, 7) is 0. The molecule has 0 spiro atoms. The van der Waals surface area contributed by atoms with Crippen LogP contribution in [0.5, 0.6) is 0 Å². The number of halogens is 5. The van der Waals surface area contributed by atoms with Crippen molar-refractivity contribution < 1.29 is 17.6 Å². The molecule has 0 saturated heterocycles. The van der Waals surface area contributed by atoms with Crippen LogP contribution in [-0.2, 0) is 12.1 Å². The molecule has 2 aromatic carbocycles. The lowest BCUT2D eigenvalue weighted by Crippen LogP contribution is -2.09. The summed E-state index contributed by atoms with van der Waals surface area (Å²) in [5, 5.41) is 0. The second-order valence-corrected chi connectivity index (χ2v) is 4.24. The van der Waals surface area contributed by atoms with Crippen molar-refractivity contribution in [3.63, 3.8) is 0 Å². The van der Waals surface area contributed by atoms with Crippen molar-refractivity contribution in [2.45, 2.75) is 12.1 Å².